The van der Waals surface area contributed by atoms with Gasteiger partial charge in [-0.15, -0.1) is 0 Å². The van der Waals surface area contributed by atoms with Gasteiger partial charge in [-0.3, -0.25) is 0 Å². The van der Waals surface area contributed by atoms with Gasteiger partial charge in [-0.25, -0.2) is 4.98 Å². The van der Waals surface area contributed by atoms with E-state index in [1.54, 1.807) is 0 Å². The summed E-state index contributed by atoms with van der Waals surface area (Å²) in [5.74, 6) is 0. The fourth-order valence-corrected chi connectivity index (χ4v) is 1.58. The second-order valence-electron chi connectivity index (χ2n) is 4.42. The number of halogens is 6. The molecule has 0 N–H and O–H groups in total. The molecule has 0 spiro atoms. The van der Waals surface area contributed by atoms with Crippen LogP contribution in [0.5, 0.6) is 0 Å². The third kappa shape index (κ3) is 10.4. The molecular weight excluding hydrogens is 420 g/mol. The molecule has 0 atom stereocenters. The van der Waals surface area contributed by atoms with E-state index in [4.69, 9.17) is 0 Å². The quantitative estimate of drug-likeness (QED) is 0.387. The van der Waals surface area contributed by atoms with Crippen LogP contribution in [-0.2, 0) is 6.54 Å². The van der Waals surface area contributed by atoms with E-state index in [0.29, 0.717) is 0 Å². The molecule has 0 saturated heterocycles. The van der Waals surface area contributed by atoms with Gasteiger partial charge in [0.2, 0.25) is 0 Å². The first-order valence-electron chi connectivity index (χ1n) is 5.97. The molecule has 0 bridgehead atoms. The predicted octanol–water partition coefficient (Wildman–Crippen LogP) is 0.758. The molecule has 9 heteroatoms. The Morgan fingerprint density at radius 3 is 2.00 bits per heavy atom. The second-order valence-corrected chi connectivity index (χ2v) is 8.07. The molecule has 0 amide bonds. The molecule has 2 aromatic rings. The zero-order chi connectivity index (χ0) is 16.1. The number of nitrogens with zero attached hydrogens (tertiary/aromatic N) is 2. The monoisotopic (exact) mass is 434 g/mol. The number of benzene rings is 1. The molecule has 0 aliphatic carbocycles. The number of rotatable bonds is 2. The second kappa shape index (κ2) is 7.81. The minimum atomic E-state index is -9.19. The van der Waals surface area contributed by atoms with Crippen LogP contribution in [0.3, 0.4) is 0 Å². The molecule has 1 aromatic heterocycles. The van der Waals surface area contributed by atoms with E-state index in [2.05, 4.69) is 46.9 Å². The Morgan fingerprint density at radius 2 is 1.50 bits per heavy atom. The number of hydrogen-bond acceptors (Lipinski definition) is 1. The van der Waals surface area contributed by atoms with Crippen LogP contribution in [0.4, 0.5) is 14.1 Å². The summed E-state index contributed by atoms with van der Waals surface area (Å²) in [6.45, 7) is 5.01. The summed E-state index contributed by atoms with van der Waals surface area (Å²) in [6, 6.07) is 10.5. The van der Waals surface area contributed by atoms with Crippen molar-refractivity contribution in [1.29, 1.82) is 0 Å². The van der Waals surface area contributed by atoms with Crippen molar-refractivity contribution in [3.63, 3.8) is 0 Å². The van der Waals surface area contributed by atoms with Crippen molar-refractivity contribution >= 4 is 20.3 Å². The summed E-state index contributed by atoms with van der Waals surface area (Å²) in [5.41, 5.74) is 3.55. The first-order valence-corrected chi connectivity index (χ1v) is 10.8. The molecular formula is C13H15F6N2Sb. The SMILES string of the molecule is Cc1c[n+](Cc2ccccc2)c(C)cn1.[F-].[F][Sb]([F])([F])([F])[F]. The van der Waals surface area contributed by atoms with Crippen molar-refractivity contribution < 1.29 is 23.3 Å². The topological polar surface area (TPSA) is 16.8 Å². The van der Waals surface area contributed by atoms with E-state index in [0.717, 1.165) is 12.2 Å². The van der Waals surface area contributed by atoms with E-state index in [9.17, 15) is 14.1 Å². The van der Waals surface area contributed by atoms with Gasteiger partial charge in [-0.05, 0) is 6.92 Å². The van der Waals surface area contributed by atoms with Gasteiger partial charge in [-0.1, -0.05) is 30.3 Å². The number of hydrogen-bond donors (Lipinski definition) is 0. The van der Waals surface area contributed by atoms with Crippen molar-refractivity contribution in [1.82, 2.24) is 4.98 Å². The van der Waals surface area contributed by atoms with Crippen LogP contribution in [0, 0.1) is 13.8 Å². The Labute approximate surface area is 129 Å². The van der Waals surface area contributed by atoms with Crippen LogP contribution in [0.2, 0.25) is 0 Å². The fraction of sp³-hybridized carbons (Fsp3) is 0.231. The average molecular weight is 435 g/mol. The maximum atomic E-state index is 9.91. The van der Waals surface area contributed by atoms with Gasteiger partial charge in [0.25, 0.3) is 0 Å². The van der Waals surface area contributed by atoms with E-state index >= 15 is 0 Å². The Morgan fingerprint density at radius 1 is 1.00 bits per heavy atom. The number of aromatic nitrogens is 2. The molecule has 1 heterocycles. The number of aryl methyl sites for hydroxylation is 2. The minimum absolute atomic E-state index is 0. The van der Waals surface area contributed by atoms with Crippen LogP contribution in [0.25, 0.3) is 0 Å². The molecule has 0 aliphatic rings. The predicted molar refractivity (Wildman–Crippen MR) is 70.7 cm³/mol. The molecule has 0 saturated carbocycles. The molecule has 1 aromatic carbocycles. The van der Waals surface area contributed by atoms with Crippen LogP contribution >= 0.6 is 0 Å². The van der Waals surface area contributed by atoms with Crippen molar-refractivity contribution in [2.75, 3.05) is 0 Å². The molecule has 0 radical (unpaired) electrons. The van der Waals surface area contributed by atoms with E-state index in [1.807, 2.05) is 19.2 Å². The van der Waals surface area contributed by atoms with Gasteiger partial charge in [0.1, 0.15) is 5.69 Å². The Hall–Kier alpha value is -1.30. The average Bonchev–Trinajstić information content (AvgIpc) is 2.32. The molecule has 2 nitrogen and oxygen atoms in total. The van der Waals surface area contributed by atoms with Crippen molar-refractivity contribution in [2.45, 2.75) is 20.4 Å². The Balaban J connectivity index is 0.000000546. The normalized spacial score (nSPS) is 12.2. The Kier molecular flexibility index (Phi) is 7.35. The summed E-state index contributed by atoms with van der Waals surface area (Å²) in [4.78, 5) is 4.26. The van der Waals surface area contributed by atoms with Gasteiger partial charge < -0.3 is 4.70 Å². The third-order valence-electron chi connectivity index (χ3n) is 2.45. The molecule has 0 aliphatic heterocycles. The molecule has 0 fully saturated rings. The van der Waals surface area contributed by atoms with Crippen molar-refractivity contribution in [3.05, 3.63) is 59.7 Å². The van der Waals surface area contributed by atoms with Crippen molar-refractivity contribution in [3.8, 4) is 0 Å². The van der Waals surface area contributed by atoms with Crippen molar-refractivity contribution in [2.24, 2.45) is 0 Å². The van der Waals surface area contributed by atoms with Gasteiger partial charge >= 0.3 is 34.4 Å². The van der Waals surface area contributed by atoms with Gasteiger partial charge in [0.05, 0.1) is 6.20 Å². The van der Waals surface area contributed by atoms with E-state index in [-0.39, 0.29) is 4.70 Å². The standard InChI is InChI=1S/C13H15N2.6FH.Sb/c1-11-9-15(12(2)8-14-11)10-13-6-4-3-5-7-13;;;;;;;/h3-9H,10H2,1-2H3;6*1H;/q+1;;;;;;;+5/p-6. The van der Waals surface area contributed by atoms with Gasteiger partial charge in [0.15, 0.2) is 18.4 Å². The summed E-state index contributed by atoms with van der Waals surface area (Å²) in [5, 5.41) is 0. The van der Waals surface area contributed by atoms with Crippen LogP contribution in [0.1, 0.15) is 17.0 Å². The van der Waals surface area contributed by atoms with Crippen LogP contribution in [-0.4, -0.2) is 25.3 Å². The Bertz CT molecular complexity index is 582. The van der Waals surface area contributed by atoms with E-state index in [1.165, 1.54) is 11.3 Å². The van der Waals surface area contributed by atoms with Gasteiger partial charge in [-0.2, -0.15) is 4.57 Å². The van der Waals surface area contributed by atoms with E-state index < -0.39 is 20.3 Å². The first-order chi connectivity index (χ1) is 9.49. The van der Waals surface area contributed by atoms with Crippen LogP contribution in [0.15, 0.2) is 42.7 Å². The zero-order valence-corrected chi connectivity index (χ0v) is 14.4. The summed E-state index contributed by atoms with van der Waals surface area (Å²) >= 11 is -9.19. The first kappa shape index (κ1) is 20.7. The summed E-state index contributed by atoms with van der Waals surface area (Å²) < 4.78 is 51.8. The molecule has 22 heavy (non-hydrogen) atoms. The molecule has 124 valence electrons. The summed E-state index contributed by atoms with van der Waals surface area (Å²) in [6.07, 6.45) is 4.00. The summed E-state index contributed by atoms with van der Waals surface area (Å²) in [7, 11) is 0. The molecule has 2 rings (SSSR count). The van der Waals surface area contributed by atoms with Crippen LogP contribution < -0.4 is 9.27 Å². The molecule has 0 unspecified atom stereocenters. The zero-order valence-electron chi connectivity index (χ0n) is 11.9. The third-order valence-corrected chi connectivity index (χ3v) is 2.45. The fourth-order valence-electron chi connectivity index (χ4n) is 1.58. The maximum absolute atomic E-state index is 9.91. The van der Waals surface area contributed by atoms with Gasteiger partial charge in [0, 0.05) is 12.5 Å².